The molecule has 2 heterocycles. The first-order chi connectivity index (χ1) is 34.1. The number of methoxy groups -OCH3 is 2. The number of phenolic OH excluding ortho intramolecular Hbond substituents is 2. The Labute approximate surface area is 425 Å². The Bertz CT molecular complexity index is 2450. The van der Waals surface area contributed by atoms with E-state index in [1.54, 1.807) is 99.6 Å². The summed E-state index contributed by atoms with van der Waals surface area (Å²) in [7, 11) is 2.42. The zero-order chi connectivity index (χ0) is 55.1. The Balaban J connectivity index is 0.000000417. The Kier molecular flexibility index (Phi) is 24.8. The number of nitrogens with two attached hydrogens (primary N) is 1. The van der Waals surface area contributed by atoms with Gasteiger partial charge in [0.2, 0.25) is 11.9 Å². The number of esters is 2. The lowest BCUT2D eigenvalue weighted by atomic mass is 10.1. The predicted octanol–water partition coefficient (Wildman–Crippen LogP) is 5.19. The van der Waals surface area contributed by atoms with Gasteiger partial charge in [0.05, 0.1) is 49.1 Å². The number of amides is 3. The number of aryl methyl sites for hydroxylation is 6. The molecule has 0 fully saturated rings. The first-order valence-electron chi connectivity index (χ1n) is 23.3. The van der Waals surface area contributed by atoms with Crippen LogP contribution in [0.1, 0.15) is 109 Å². The van der Waals surface area contributed by atoms with Crippen LogP contribution in [0.2, 0.25) is 0 Å². The summed E-state index contributed by atoms with van der Waals surface area (Å²) >= 11 is 0. The number of hydrogen-bond donors (Lipinski definition) is 9. The van der Waals surface area contributed by atoms with Crippen molar-refractivity contribution in [3.05, 3.63) is 93.6 Å². The summed E-state index contributed by atoms with van der Waals surface area (Å²) < 4.78 is 19.2. The summed E-state index contributed by atoms with van der Waals surface area (Å²) in [6, 6.07) is 12.3. The third-order valence-corrected chi connectivity index (χ3v) is 9.66. The minimum absolute atomic E-state index is 0.0123. The van der Waals surface area contributed by atoms with E-state index in [0.717, 1.165) is 36.8 Å². The van der Waals surface area contributed by atoms with Crippen molar-refractivity contribution < 1.29 is 63.0 Å². The average molecular weight is 1020 g/mol. The van der Waals surface area contributed by atoms with E-state index < -0.39 is 59.3 Å². The molecule has 10 N–H and O–H groups in total. The van der Waals surface area contributed by atoms with Crippen molar-refractivity contribution in [3.8, 4) is 11.5 Å². The molecule has 4 aromatic rings. The predicted molar refractivity (Wildman–Crippen MR) is 272 cm³/mol. The lowest BCUT2D eigenvalue weighted by molar-refractivity contribution is -0.143. The SMILES string of the molecule is COC(=O)[C@@H](N)CNC(=O)OC(C)(C)C.COC(=O)[C@H](CNC(=O)OC(C)(C)C)NC(=O)c1c(C)nc(NCCCc2cccc(O)c2)nc1C.Cc1nc(NCCCc2cccc(O)c2)nc(C)c1C(=O)O. The van der Waals surface area contributed by atoms with Gasteiger partial charge in [0.25, 0.3) is 5.91 Å². The van der Waals surface area contributed by atoms with Gasteiger partial charge in [-0.25, -0.2) is 39.1 Å². The van der Waals surface area contributed by atoms with Gasteiger partial charge in [-0.3, -0.25) is 9.59 Å². The van der Waals surface area contributed by atoms with Crippen molar-refractivity contribution in [1.29, 1.82) is 0 Å². The number of hydrogen-bond acceptors (Lipinski definition) is 19. The first-order valence-corrected chi connectivity index (χ1v) is 23.3. The Morgan fingerprint density at radius 1 is 0.616 bits per heavy atom. The third-order valence-electron chi connectivity index (χ3n) is 9.66. The number of carboxylic acids is 1. The molecule has 0 radical (unpaired) electrons. The van der Waals surface area contributed by atoms with E-state index in [9.17, 15) is 39.0 Å². The van der Waals surface area contributed by atoms with Crippen molar-refractivity contribution in [2.24, 2.45) is 5.73 Å². The molecule has 0 bridgehead atoms. The monoisotopic (exact) mass is 1020 g/mol. The third kappa shape index (κ3) is 23.8. The van der Waals surface area contributed by atoms with Gasteiger partial charge in [0.1, 0.15) is 40.3 Å². The maximum Gasteiger partial charge on any atom is 0.407 e. The molecule has 73 heavy (non-hydrogen) atoms. The number of carboxylic acid groups (broad SMARTS) is 1. The molecule has 0 aliphatic carbocycles. The smallest absolute Gasteiger partial charge is 0.407 e. The molecule has 2 aromatic carbocycles. The Hall–Kier alpha value is -7.82. The van der Waals surface area contributed by atoms with Crippen LogP contribution in [0, 0.1) is 27.7 Å². The number of nitrogens with one attached hydrogen (secondary N) is 5. The number of benzene rings is 2. The number of carbonyl (C=O) groups is 6. The molecule has 0 spiro atoms. The van der Waals surface area contributed by atoms with Crippen LogP contribution in [0.4, 0.5) is 21.5 Å². The summed E-state index contributed by atoms with van der Waals surface area (Å²) in [6.45, 7) is 18.1. The van der Waals surface area contributed by atoms with Gasteiger partial charge < -0.3 is 66.6 Å². The normalized spacial score (nSPS) is 11.6. The molecule has 400 valence electrons. The van der Waals surface area contributed by atoms with Gasteiger partial charge in [0, 0.05) is 19.6 Å². The summed E-state index contributed by atoms with van der Waals surface area (Å²) in [4.78, 5) is 87.3. The number of ether oxygens (including phenoxy) is 4. The number of aromatic carboxylic acids is 1. The van der Waals surface area contributed by atoms with Crippen LogP contribution in [0.5, 0.6) is 11.5 Å². The van der Waals surface area contributed by atoms with Crippen LogP contribution in [-0.2, 0) is 41.4 Å². The maximum atomic E-state index is 13.0. The fourth-order valence-corrected chi connectivity index (χ4v) is 6.45. The molecular weight excluding hydrogens is 949 g/mol. The zero-order valence-electron chi connectivity index (χ0n) is 43.7. The van der Waals surface area contributed by atoms with E-state index in [0.29, 0.717) is 47.8 Å². The van der Waals surface area contributed by atoms with E-state index >= 15 is 0 Å². The van der Waals surface area contributed by atoms with E-state index in [2.05, 4.69) is 51.3 Å². The van der Waals surface area contributed by atoms with Gasteiger partial charge in [-0.05, 0) is 130 Å². The van der Waals surface area contributed by atoms with Crippen molar-refractivity contribution in [3.63, 3.8) is 0 Å². The molecule has 2 aromatic heterocycles. The highest BCUT2D eigenvalue weighted by molar-refractivity contribution is 5.98. The van der Waals surface area contributed by atoms with Crippen LogP contribution in [0.25, 0.3) is 0 Å². The van der Waals surface area contributed by atoms with Gasteiger partial charge in [0.15, 0.2) is 0 Å². The van der Waals surface area contributed by atoms with Crippen LogP contribution >= 0.6 is 0 Å². The second kappa shape index (κ2) is 29.5. The highest BCUT2D eigenvalue weighted by atomic mass is 16.6. The largest absolute Gasteiger partial charge is 0.508 e. The second-order valence-corrected chi connectivity index (χ2v) is 18.3. The summed E-state index contributed by atoms with van der Waals surface area (Å²) in [5.74, 6) is -1.55. The Morgan fingerprint density at radius 3 is 1.38 bits per heavy atom. The van der Waals surface area contributed by atoms with E-state index in [-0.39, 0.29) is 35.7 Å². The molecule has 2 atom stereocenters. The summed E-state index contributed by atoms with van der Waals surface area (Å²) in [6.07, 6.45) is 1.91. The maximum absolute atomic E-state index is 13.0. The molecule has 0 aliphatic rings. The number of phenols is 2. The molecule has 0 unspecified atom stereocenters. The molecule has 4 rings (SSSR count). The number of anilines is 2. The van der Waals surface area contributed by atoms with Crippen molar-refractivity contribution in [1.82, 2.24) is 35.9 Å². The van der Waals surface area contributed by atoms with Crippen molar-refractivity contribution in [2.45, 2.75) is 118 Å². The zero-order valence-corrected chi connectivity index (χ0v) is 43.7. The standard InChI is InChI=1S/C25H35N5O6.C16H19N3O3.C9H18N2O4/c1-15-20(21(32)30-19(22(33)35-6)14-27-24(34)36-25(3,4)5)16(2)29-23(28-15)26-12-8-10-17-9-7-11-18(31)13-17;1-10-14(15(21)22)11(2)19-16(18-10)17-8-4-6-12-5-3-7-13(20)9-12;1-9(2,3)15-8(13)11-5-6(10)7(12)14-4/h7,9,11,13,19,31H,8,10,12,14H2,1-6H3,(H,27,34)(H,30,32)(H,26,28,29);3,5,7,9,20H,4,6,8H2,1-2H3,(H,21,22)(H,17,18,19);6H,5,10H2,1-4H3,(H,11,13)/t19-;;6-/m0.0/s1. The molecule has 0 saturated carbocycles. The number of nitrogens with zero attached hydrogens (tertiary/aromatic N) is 4. The van der Waals surface area contributed by atoms with E-state index in [4.69, 9.17) is 25.1 Å². The van der Waals surface area contributed by atoms with Gasteiger partial charge in [-0.1, -0.05) is 24.3 Å². The van der Waals surface area contributed by atoms with Gasteiger partial charge in [-0.2, -0.15) is 0 Å². The highest BCUT2D eigenvalue weighted by Gasteiger charge is 2.27. The molecule has 23 nitrogen and oxygen atoms in total. The average Bonchev–Trinajstić information content (AvgIpc) is 3.28. The molecule has 0 aliphatic heterocycles. The summed E-state index contributed by atoms with van der Waals surface area (Å²) in [5, 5.41) is 41.7. The number of alkyl carbamates (subject to hydrolysis) is 2. The number of aromatic nitrogens is 4. The molecule has 0 saturated heterocycles. The van der Waals surface area contributed by atoms with Crippen LogP contribution in [-0.4, -0.2) is 135 Å². The first kappa shape index (κ1) is 61.3. The van der Waals surface area contributed by atoms with Crippen LogP contribution in [0.15, 0.2) is 48.5 Å². The van der Waals surface area contributed by atoms with Crippen LogP contribution < -0.4 is 32.3 Å². The minimum Gasteiger partial charge on any atom is -0.508 e. The molecule has 3 amide bonds. The fraction of sp³-hybridized carbons (Fsp3) is 0.480. The number of carbonyl (C=O) groups excluding carboxylic acids is 5. The van der Waals surface area contributed by atoms with Gasteiger partial charge in [-0.15, -0.1) is 0 Å². The quantitative estimate of drug-likeness (QED) is 0.0331. The highest BCUT2D eigenvalue weighted by Crippen LogP contribution is 2.17. The van der Waals surface area contributed by atoms with Gasteiger partial charge >= 0.3 is 30.1 Å². The summed E-state index contributed by atoms with van der Waals surface area (Å²) in [5.41, 5.74) is 8.36. The molecular formula is C50H72N10O13. The molecule has 23 heteroatoms. The topological polar surface area (TPSA) is 338 Å². The minimum atomic E-state index is -1.14. The van der Waals surface area contributed by atoms with E-state index in [1.807, 2.05) is 18.2 Å². The number of aromatic hydroxyl groups is 2. The van der Waals surface area contributed by atoms with Crippen molar-refractivity contribution >= 4 is 47.9 Å². The van der Waals surface area contributed by atoms with Crippen molar-refractivity contribution in [2.75, 3.05) is 51.0 Å². The van der Waals surface area contributed by atoms with E-state index in [1.165, 1.54) is 14.2 Å². The fourth-order valence-electron chi connectivity index (χ4n) is 6.45. The second-order valence-electron chi connectivity index (χ2n) is 18.3. The van der Waals surface area contributed by atoms with Crippen LogP contribution in [0.3, 0.4) is 0 Å². The lowest BCUT2D eigenvalue weighted by Gasteiger charge is -2.22. The number of rotatable bonds is 19. The lowest BCUT2D eigenvalue weighted by Crippen LogP contribution is -2.50. The Morgan fingerprint density at radius 2 is 1.01 bits per heavy atom.